The van der Waals surface area contributed by atoms with Crippen molar-refractivity contribution in [1.82, 2.24) is 0 Å². The molecular weight excluding hydrogens is 199 g/mol. The van der Waals surface area contributed by atoms with Gasteiger partial charge in [0.25, 0.3) is 0 Å². The summed E-state index contributed by atoms with van der Waals surface area (Å²) < 4.78 is 0. The molecule has 0 spiro atoms. The molecule has 0 aromatic rings. The summed E-state index contributed by atoms with van der Waals surface area (Å²) in [6, 6.07) is 0. The summed E-state index contributed by atoms with van der Waals surface area (Å²) in [7, 11) is -2.23. The van der Waals surface area contributed by atoms with Gasteiger partial charge >= 0.3 is 0 Å². The maximum Gasteiger partial charge on any atom is 0.193 e. The van der Waals surface area contributed by atoms with Crippen LogP contribution in [0.3, 0.4) is 0 Å². The van der Waals surface area contributed by atoms with Crippen LogP contribution in [0.25, 0.3) is 0 Å². The molecule has 0 aromatic carbocycles. The van der Waals surface area contributed by atoms with Gasteiger partial charge in [0.1, 0.15) is 0 Å². The van der Waals surface area contributed by atoms with Gasteiger partial charge in [0.05, 0.1) is 15.2 Å². The van der Waals surface area contributed by atoms with E-state index < -0.39 is 15.2 Å². The van der Waals surface area contributed by atoms with Gasteiger partial charge in [-0.25, -0.2) is 0 Å². The van der Waals surface area contributed by atoms with E-state index in [1.165, 1.54) is 0 Å². The zero-order valence-corrected chi connectivity index (χ0v) is 12.7. The maximum atomic E-state index is 2.65. The van der Waals surface area contributed by atoms with Crippen molar-refractivity contribution < 1.29 is 0 Å². The van der Waals surface area contributed by atoms with E-state index in [0.717, 1.165) is 0 Å². The summed E-state index contributed by atoms with van der Waals surface area (Å²) in [6.07, 6.45) is 0. The average molecular weight is 222 g/mol. The first kappa shape index (κ1) is 12.1. The molecule has 14 heavy (non-hydrogen) atoms. The number of rotatable bonds is 0. The van der Waals surface area contributed by atoms with Gasteiger partial charge in [0.15, 0.2) is 6.71 Å². The van der Waals surface area contributed by atoms with E-state index in [0.29, 0.717) is 6.71 Å². The average Bonchev–Trinajstić information content (AvgIpc) is 2.03. The normalized spacial score (nSPS) is 25.2. The van der Waals surface area contributed by atoms with Crippen molar-refractivity contribution in [2.75, 3.05) is 0 Å². The monoisotopic (exact) mass is 222 g/mol. The highest BCUT2D eigenvalue weighted by molar-refractivity contribution is 7.45. The van der Waals surface area contributed by atoms with E-state index in [2.05, 4.69) is 58.3 Å². The highest BCUT2D eigenvalue weighted by Gasteiger charge is 2.40. The van der Waals surface area contributed by atoms with Crippen LogP contribution in [0.5, 0.6) is 0 Å². The lowest BCUT2D eigenvalue weighted by atomic mass is 9.43. The minimum Gasteiger partial charge on any atom is -0.107 e. The Hall–Kier alpha value is -0.0213. The highest BCUT2D eigenvalue weighted by Crippen LogP contribution is 2.29. The van der Waals surface area contributed by atoms with E-state index in [1.54, 1.807) is 10.9 Å². The van der Waals surface area contributed by atoms with Gasteiger partial charge < -0.3 is 0 Å². The SMILES string of the molecule is CB1C(C)=C[Si](C)(C)[Si](C)(C)C=C1C. The minimum atomic E-state index is -1.11. The van der Waals surface area contributed by atoms with Crippen LogP contribution in [-0.4, -0.2) is 21.9 Å². The van der Waals surface area contributed by atoms with Gasteiger partial charge in [-0.05, 0) is 0 Å². The fraction of sp³-hybridized carbons (Fsp3) is 0.636. The Morgan fingerprint density at radius 3 is 1.43 bits per heavy atom. The van der Waals surface area contributed by atoms with Crippen molar-refractivity contribution in [3.05, 3.63) is 22.3 Å². The highest BCUT2D eigenvalue weighted by atomic mass is 29.3. The Kier molecular flexibility index (Phi) is 3.04. The largest absolute Gasteiger partial charge is 0.193 e. The second-order valence-corrected chi connectivity index (χ2v) is 21.1. The third-order valence-corrected chi connectivity index (χ3v) is 20.7. The van der Waals surface area contributed by atoms with Crippen LogP contribution >= 0.6 is 0 Å². The van der Waals surface area contributed by atoms with E-state index in [1.807, 2.05) is 0 Å². The Balaban J connectivity index is 3.29. The summed E-state index contributed by atoms with van der Waals surface area (Å²) in [5.74, 6) is 0. The molecule has 1 aliphatic rings. The van der Waals surface area contributed by atoms with Crippen LogP contribution < -0.4 is 0 Å². The molecule has 0 unspecified atom stereocenters. The third-order valence-electron chi connectivity index (χ3n) is 4.20. The van der Waals surface area contributed by atoms with Gasteiger partial charge in [-0.2, -0.15) is 0 Å². The molecule has 3 heteroatoms. The lowest BCUT2D eigenvalue weighted by Gasteiger charge is -2.33. The predicted octanol–water partition coefficient (Wildman–Crippen LogP) is 3.67. The summed E-state index contributed by atoms with van der Waals surface area (Å²) in [4.78, 5) is 0. The number of hydrogen-bond acceptors (Lipinski definition) is 0. The fourth-order valence-electron chi connectivity index (χ4n) is 2.12. The van der Waals surface area contributed by atoms with Crippen LogP contribution in [0.1, 0.15) is 13.8 Å². The first-order chi connectivity index (χ1) is 6.17. The van der Waals surface area contributed by atoms with Crippen molar-refractivity contribution in [2.24, 2.45) is 0 Å². The van der Waals surface area contributed by atoms with Gasteiger partial charge in [0.2, 0.25) is 0 Å². The Labute approximate surface area is 91.4 Å². The molecule has 0 aromatic heterocycles. The van der Waals surface area contributed by atoms with Gasteiger partial charge in [-0.3, -0.25) is 0 Å². The van der Waals surface area contributed by atoms with Gasteiger partial charge in [0, 0.05) is 0 Å². The first-order valence-electron chi connectivity index (χ1n) is 5.56. The molecule has 1 rings (SSSR count). The molecule has 0 saturated carbocycles. The van der Waals surface area contributed by atoms with Gasteiger partial charge in [-0.15, -0.1) is 22.3 Å². The molecule has 78 valence electrons. The molecular formula is C11H23BSi2. The second kappa shape index (κ2) is 3.53. The van der Waals surface area contributed by atoms with Gasteiger partial charge in [-0.1, -0.05) is 46.9 Å². The first-order valence-corrected chi connectivity index (χ1v) is 12.7. The predicted molar refractivity (Wildman–Crippen MR) is 74.1 cm³/mol. The van der Waals surface area contributed by atoms with E-state index in [-0.39, 0.29) is 0 Å². The molecule has 0 bridgehead atoms. The van der Waals surface area contributed by atoms with Crippen molar-refractivity contribution in [2.45, 2.75) is 46.9 Å². The number of hydrogen-bond donors (Lipinski definition) is 0. The van der Waals surface area contributed by atoms with Crippen LogP contribution in [0.4, 0.5) is 0 Å². The molecule has 0 atom stereocenters. The lowest BCUT2D eigenvalue weighted by Crippen LogP contribution is -2.52. The van der Waals surface area contributed by atoms with E-state index in [4.69, 9.17) is 0 Å². The summed E-state index contributed by atoms with van der Waals surface area (Å²) in [5, 5.41) is 0. The fourth-order valence-corrected chi connectivity index (χ4v) is 9.24. The zero-order chi connectivity index (χ0) is 11.1. The topological polar surface area (TPSA) is 0 Å². The Morgan fingerprint density at radius 2 is 1.14 bits per heavy atom. The van der Waals surface area contributed by atoms with Crippen LogP contribution in [-0.2, 0) is 0 Å². The zero-order valence-electron chi connectivity index (χ0n) is 10.7. The van der Waals surface area contributed by atoms with Crippen LogP contribution in [0.15, 0.2) is 22.3 Å². The molecule has 0 amide bonds. The van der Waals surface area contributed by atoms with E-state index in [9.17, 15) is 0 Å². The standard InChI is InChI=1S/C11H23BSi2/c1-10-8-13(4,5)14(6,7)9-11(2)12(10)3/h8-9H,1-7H3. The minimum absolute atomic E-state index is 0.677. The quantitative estimate of drug-likeness (QED) is 0.549. The molecule has 0 radical (unpaired) electrons. The van der Waals surface area contributed by atoms with Crippen LogP contribution in [0, 0.1) is 0 Å². The molecule has 1 aliphatic heterocycles. The van der Waals surface area contributed by atoms with Crippen molar-refractivity contribution >= 4 is 21.9 Å². The summed E-state index contributed by atoms with van der Waals surface area (Å²) >= 11 is 0. The summed E-state index contributed by atoms with van der Waals surface area (Å²) in [5.41, 5.74) is 8.51. The molecule has 0 N–H and O–H groups in total. The van der Waals surface area contributed by atoms with Crippen LogP contribution in [0.2, 0.25) is 33.0 Å². The Morgan fingerprint density at radius 1 is 0.857 bits per heavy atom. The molecule has 0 saturated heterocycles. The smallest absolute Gasteiger partial charge is 0.107 e. The van der Waals surface area contributed by atoms with Crippen molar-refractivity contribution in [3.8, 4) is 0 Å². The van der Waals surface area contributed by atoms with Crippen molar-refractivity contribution in [1.29, 1.82) is 0 Å². The molecule has 0 fully saturated rings. The second-order valence-electron chi connectivity index (χ2n) is 5.94. The third kappa shape index (κ3) is 1.98. The number of allylic oxidation sites excluding steroid dienone is 2. The molecule has 1 heterocycles. The van der Waals surface area contributed by atoms with E-state index >= 15 is 0 Å². The Bertz CT molecular complexity index is 270. The lowest BCUT2D eigenvalue weighted by molar-refractivity contribution is 1.56. The summed E-state index contributed by atoms with van der Waals surface area (Å²) in [6.45, 7) is 17.8. The molecule has 0 nitrogen and oxygen atoms in total. The maximum absolute atomic E-state index is 2.65. The molecule has 0 aliphatic carbocycles. The van der Waals surface area contributed by atoms with Crippen molar-refractivity contribution in [3.63, 3.8) is 0 Å².